The van der Waals surface area contributed by atoms with E-state index in [9.17, 15) is 8.42 Å². The molecule has 1 aliphatic rings. The fourth-order valence-corrected chi connectivity index (χ4v) is 4.97. The second-order valence-corrected chi connectivity index (χ2v) is 8.55. The SMILES string of the molecule is COc1ccc(CN(C)C2CCS(=O)(=O)C2)cc1Cn1cccn1. The molecule has 1 aromatic heterocycles. The second kappa shape index (κ2) is 6.94. The maximum atomic E-state index is 11.7. The first-order valence-electron chi connectivity index (χ1n) is 8.01. The molecule has 130 valence electrons. The molecule has 0 spiro atoms. The molecule has 2 heterocycles. The van der Waals surface area contributed by atoms with Crippen molar-refractivity contribution < 1.29 is 13.2 Å². The zero-order valence-electron chi connectivity index (χ0n) is 14.1. The molecule has 2 aromatic rings. The summed E-state index contributed by atoms with van der Waals surface area (Å²) in [7, 11) is 0.794. The minimum atomic E-state index is -2.86. The van der Waals surface area contributed by atoms with Crippen LogP contribution in [0.4, 0.5) is 0 Å². The van der Waals surface area contributed by atoms with Crippen molar-refractivity contribution in [1.82, 2.24) is 14.7 Å². The molecule has 1 saturated heterocycles. The average Bonchev–Trinajstić information content (AvgIpc) is 3.17. The zero-order chi connectivity index (χ0) is 17.2. The van der Waals surface area contributed by atoms with Crippen molar-refractivity contribution >= 4 is 9.84 Å². The molecule has 0 amide bonds. The maximum Gasteiger partial charge on any atom is 0.151 e. The highest BCUT2D eigenvalue weighted by Crippen LogP contribution is 2.23. The van der Waals surface area contributed by atoms with Crippen LogP contribution in [0.2, 0.25) is 0 Å². The molecule has 0 N–H and O–H groups in total. The van der Waals surface area contributed by atoms with E-state index in [1.807, 2.05) is 36.1 Å². The lowest BCUT2D eigenvalue weighted by molar-refractivity contribution is 0.253. The summed E-state index contributed by atoms with van der Waals surface area (Å²) >= 11 is 0. The van der Waals surface area contributed by atoms with Crippen molar-refractivity contribution in [2.45, 2.75) is 25.6 Å². The van der Waals surface area contributed by atoms with E-state index in [0.29, 0.717) is 12.3 Å². The summed E-state index contributed by atoms with van der Waals surface area (Å²) < 4.78 is 30.6. The van der Waals surface area contributed by atoms with Crippen LogP contribution >= 0.6 is 0 Å². The molecule has 7 heteroatoms. The summed E-state index contributed by atoms with van der Waals surface area (Å²) in [5.74, 6) is 1.40. The lowest BCUT2D eigenvalue weighted by atomic mass is 10.1. The van der Waals surface area contributed by atoms with Crippen molar-refractivity contribution in [3.8, 4) is 5.75 Å². The van der Waals surface area contributed by atoms with Gasteiger partial charge in [0, 0.05) is 30.5 Å². The Hall–Kier alpha value is -1.86. The van der Waals surface area contributed by atoms with Gasteiger partial charge in [0.05, 0.1) is 25.2 Å². The van der Waals surface area contributed by atoms with Crippen LogP contribution in [0.25, 0.3) is 0 Å². The smallest absolute Gasteiger partial charge is 0.151 e. The van der Waals surface area contributed by atoms with Crippen LogP contribution < -0.4 is 4.74 Å². The molecule has 0 saturated carbocycles. The largest absolute Gasteiger partial charge is 0.496 e. The van der Waals surface area contributed by atoms with Gasteiger partial charge < -0.3 is 4.74 Å². The van der Waals surface area contributed by atoms with Gasteiger partial charge in [-0.1, -0.05) is 6.07 Å². The van der Waals surface area contributed by atoms with Gasteiger partial charge in [0.25, 0.3) is 0 Å². The highest BCUT2D eigenvalue weighted by atomic mass is 32.2. The third-order valence-electron chi connectivity index (χ3n) is 4.50. The quantitative estimate of drug-likeness (QED) is 0.792. The van der Waals surface area contributed by atoms with E-state index in [0.717, 1.165) is 29.8 Å². The van der Waals surface area contributed by atoms with Gasteiger partial charge in [-0.3, -0.25) is 9.58 Å². The molecule has 0 bridgehead atoms. The lowest BCUT2D eigenvalue weighted by Crippen LogP contribution is -2.32. The van der Waals surface area contributed by atoms with E-state index in [2.05, 4.69) is 16.1 Å². The zero-order valence-corrected chi connectivity index (χ0v) is 14.9. The molecule has 6 nitrogen and oxygen atoms in total. The summed E-state index contributed by atoms with van der Waals surface area (Å²) in [6, 6.07) is 8.11. The Morgan fingerprint density at radius 2 is 2.25 bits per heavy atom. The number of methoxy groups -OCH3 is 1. The van der Waals surface area contributed by atoms with Crippen molar-refractivity contribution in [2.75, 3.05) is 25.7 Å². The first-order valence-corrected chi connectivity index (χ1v) is 9.83. The van der Waals surface area contributed by atoms with Gasteiger partial charge in [0.2, 0.25) is 0 Å². The Kier molecular flexibility index (Phi) is 4.91. The minimum Gasteiger partial charge on any atom is -0.496 e. The molecule has 1 aliphatic heterocycles. The second-order valence-electron chi connectivity index (χ2n) is 6.32. The van der Waals surface area contributed by atoms with Crippen molar-refractivity contribution in [1.29, 1.82) is 0 Å². The fourth-order valence-electron chi connectivity index (χ4n) is 3.16. The van der Waals surface area contributed by atoms with E-state index in [1.54, 1.807) is 13.3 Å². The number of nitrogens with zero attached hydrogens (tertiary/aromatic N) is 3. The van der Waals surface area contributed by atoms with Gasteiger partial charge >= 0.3 is 0 Å². The molecule has 24 heavy (non-hydrogen) atoms. The van der Waals surface area contributed by atoms with Crippen molar-refractivity contribution in [3.63, 3.8) is 0 Å². The number of hydrogen-bond acceptors (Lipinski definition) is 5. The van der Waals surface area contributed by atoms with E-state index in [1.165, 1.54) is 0 Å². The molecule has 0 radical (unpaired) electrons. The molecule has 1 atom stereocenters. The first kappa shape index (κ1) is 17.0. The maximum absolute atomic E-state index is 11.7. The number of ether oxygens (including phenoxy) is 1. The third-order valence-corrected chi connectivity index (χ3v) is 6.25. The summed E-state index contributed by atoms with van der Waals surface area (Å²) in [6.45, 7) is 1.36. The summed E-state index contributed by atoms with van der Waals surface area (Å²) in [6.07, 6.45) is 4.39. The highest BCUT2D eigenvalue weighted by Gasteiger charge is 2.30. The van der Waals surface area contributed by atoms with Crippen LogP contribution in [-0.4, -0.2) is 54.8 Å². The van der Waals surface area contributed by atoms with Crippen molar-refractivity contribution in [3.05, 3.63) is 47.8 Å². The van der Waals surface area contributed by atoms with Gasteiger partial charge in [0.1, 0.15) is 5.75 Å². The Balaban J connectivity index is 1.74. The first-order chi connectivity index (χ1) is 11.5. The summed E-state index contributed by atoms with van der Waals surface area (Å²) in [5, 5.41) is 4.24. The predicted molar refractivity (Wildman–Crippen MR) is 92.8 cm³/mol. The Morgan fingerprint density at radius 1 is 1.42 bits per heavy atom. The lowest BCUT2D eigenvalue weighted by Gasteiger charge is -2.23. The van der Waals surface area contributed by atoms with E-state index in [-0.39, 0.29) is 11.8 Å². The molecule has 3 rings (SSSR count). The molecular weight excluding hydrogens is 326 g/mol. The standard InChI is InChI=1S/C17H23N3O3S/c1-19(16-6-9-24(21,22)13-16)11-14-4-5-17(23-2)15(10-14)12-20-8-3-7-18-20/h3-5,7-8,10,16H,6,9,11-13H2,1-2H3. The van der Waals surface area contributed by atoms with E-state index < -0.39 is 9.84 Å². The van der Waals surface area contributed by atoms with E-state index >= 15 is 0 Å². The topological polar surface area (TPSA) is 64.4 Å². The third kappa shape index (κ3) is 3.96. The Labute approximate surface area is 143 Å². The van der Waals surface area contributed by atoms with Crippen molar-refractivity contribution in [2.24, 2.45) is 0 Å². The minimum absolute atomic E-state index is 0.103. The van der Waals surface area contributed by atoms with Gasteiger partial charge in [-0.05, 0) is 37.2 Å². The molecule has 1 fully saturated rings. The highest BCUT2D eigenvalue weighted by molar-refractivity contribution is 7.91. The van der Waals surface area contributed by atoms with Crippen LogP contribution in [0.1, 0.15) is 17.5 Å². The summed E-state index contributed by atoms with van der Waals surface area (Å²) in [5.41, 5.74) is 2.20. The predicted octanol–water partition coefficient (Wildman–Crippen LogP) is 1.56. The van der Waals surface area contributed by atoms with Crippen LogP contribution in [0.5, 0.6) is 5.75 Å². The van der Waals surface area contributed by atoms with Gasteiger partial charge in [-0.15, -0.1) is 0 Å². The number of hydrogen-bond donors (Lipinski definition) is 0. The molecule has 0 aliphatic carbocycles. The van der Waals surface area contributed by atoms with E-state index in [4.69, 9.17) is 4.74 Å². The monoisotopic (exact) mass is 349 g/mol. The number of sulfone groups is 1. The number of aromatic nitrogens is 2. The van der Waals surface area contributed by atoms with Crippen LogP contribution in [0.15, 0.2) is 36.7 Å². The number of benzene rings is 1. The molecule has 1 aromatic carbocycles. The number of rotatable bonds is 6. The fraction of sp³-hybridized carbons (Fsp3) is 0.471. The Bertz CT molecular complexity index is 787. The normalized spacial score (nSPS) is 19.7. The molecule has 1 unspecified atom stereocenters. The van der Waals surface area contributed by atoms with Crippen LogP contribution in [-0.2, 0) is 22.9 Å². The van der Waals surface area contributed by atoms with Crippen LogP contribution in [0.3, 0.4) is 0 Å². The van der Waals surface area contributed by atoms with Gasteiger partial charge in [0.15, 0.2) is 9.84 Å². The Morgan fingerprint density at radius 3 is 2.88 bits per heavy atom. The van der Waals surface area contributed by atoms with Crippen LogP contribution in [0, 0.1) is 0 Å². The van der Waals surface area contributed by atoms with Gasteiger partial charge in [-0.2, -0.15) is 5.10 Å². The average molecular weight is 349 g/mol. The van der Waals surface area contributed by atoms with Gasteiger partial charge in [-0.25, -0.2) is 8.42 Å². The summed E-state index contributed by atoms with van der Waals surface area (Å²) in [4.78, 5) is 2.13. The molecular formula is C17H23N3O3S.